The van der Waals surface area contributed by atoms with Crippen LogP contribution in [-0.4, -0.2) is 4.98 Å². The van der Waals surface area contributed by atoms with Crippen LogP contribution in [0.15, 0.2) is 72.8 Å². The molecule has 2 aromatic carbocycles. The van der Waals surface area contributed by atoms with Crippen molar-refractivity contribution in [2.45, 2.75) is 20.0 Å². The predicted molar refractivity (Wildman–Crippen MR) is 96.8 cm³/mol. The Morgan fingerprint density at radius 1 is 0.783 bits per heavy atom. The highest BCUT2D eigenvalue weighted by atomic mass is 35.5. The lowest BCUT2D eigenvalue weighted by atomic mass is 10.1. The molecule has 23 heavy (non-hydrogen) atoms. The summed E-state index contributed by atoms with van der Waals surface area (Å²) in [6, 6.07) is 24.9. The maximum atomic E-state index is 6.01. The van der Waals surface area contributed by atoms with Gasteiger partial charge in [0.15, 0.2) is 0 Å². The number of nitrogens with zero attached hydrogens (tertiary/aromatic N) is 2. The lowest BCUT2D eigenvalue weighted by molar-refractivity contribution is 0.792. The first-order valence-corrected chi connectivity index (χ1v) is 8.06. The number of benzene rings is 2. The van der Waals surface area contributed by atoms with Crippen molar-refractivity contribution in [3.8, 4) is 0 Å². The molecule has 0 spiro atoms. The van der Waals surface area contributed by atoms with Gasteiger partial charge in [-0.15, -0.1) is 0 Å². The lowest BCUT2D eigenvalue weighted by Gasteiger charge is -2.26. The van der Waals surface area contributed by atoms with Crippen molar-refractivity contribution in [2.24, 2.45) is 0 Å². The highest BCUT2D eigenvalue weighted by molar-refractivity contribution is 6.29. The van der Waals surface area contributed by atoms with E-state index >= 15 is 0 Å². The van der Waals surface area contributed by atoms with Crippen molar-refractivity contribution >= 4 is 17.3 Å². The average Bonchev–Trinajstić information content (AvgIpc) is 2.56. The molecule has 1 heterocycles. The second kappa shape index (κ2) is 7.30. The smallest absolute Gasteiger partial charge is 0.129 e. The molecular formula is C20H19ClN2. The molecule has 0 fully saturated rings. The summed E-state index contributed by atoms with van der Waals surface area (Å²) in [6.07, 6.45) is 0. The van der Waals surface area contributed by atoms with Gasteiger partial charge >= 0.3 is 0 Å². The number of aromatic nitrogens is 1. The van der Waals surface area contributed by atoms with E-state index in [1.807, 2.05) is 25.1 Å². The molecule has 1 aromatic heterocycles. The number of aryl methyl sites for hydroxylation is 1. The largest absolute Gasteiger partial charge is 0.361 e. The van der Waals surface area contributed by atoms with E-state index < -0.39 is 0 Å². The molecule has 0 aliphatic rings. The monoisotopic (exact) mass is 322 g/mol. The van der Waals surface area contributed by atoms with E-state index in [9.17, 15) is 0 Å². The molecule has 0 N–H and O–H groups in total. The first-order valence-electron chi connectivity index (χ1n) is 7.68. The molecule has 116 valence electrons. The molecule has 0 atom stereocenters. The Hall–Kier alpha value is -2.32. The van der Waals surface area contributed by atoms with Crippen molar-refractivity contribution in [1.29, 1.82) is 0 Å². The molecule has 0 bridgehead atoms. The molecule has 2 nitrogen and oxygen atoms in total. The van der Waals surface area contributed by atoms with E-state index in [-0.39, 0.29) is 0 Å². The van der Waals surface area contributed by atoms with Crippen molar-refractivity contribution in [3.63, 3.8) is 0 Å². The van der Waals surface area contributed by atoms with Crippen molar-refractivity contribution < 1.29 is 0 Å². The van der Waals surface area contributed by atoms with Gasteiger partial charge in [-0.2, -0.15) is 0 Å². The minimum Gasteiger partial charge on any atom is -0.361 e. The fourth-order valence-corrected chi connectivity index (χ4v) is 2.88. The minimum atomic E-state index is 0.533. The fraction of sp³-hybridized carbons (Fsp3) is 0.150. The van der Waals surface area contributed by atoms with Gasteiger partial charge in [0, 0.05) is 13.1 Å². The SMILES string of the molecule is Cc1nc(Cl)ccc1N(Cc1ccccc1)Cc1ccccc1. The zero-order chi connectivity index (χ0) is 16.1. The first-order chi connectivity index (χ1) is 11.2. The Kier molecular flexibility index (Phi) is 4.94. The van der Waals surface area contributed by atoms with Gasteiger partial charge in [-0.1, -0.05) is 72.3 Å². The Bertz CT molecular complexity index is 716. The molecule has 3 aromatic rings. The van der Waals surface area contributed by atoms with Gasteiger partial charge in [0.25, 0.3) is 0 Å². The van der Waals surface area contributed by atoms with Crippen LogP contribution in [0, 0.1) is 6.92 Å². The molecular weight excluding hydrogens is 304 g/mol. The minimum absolute atomic E-state index is 0.533. The van der Waals surface area contributed by atoms with Crippen LogP contribution in [0.1, 0.15) is 16.8 Å². The van der Waals surface area contributed by atoms with E-state index in [0.717, 1.165) is 24.5 Å². The van der Waals surface area contributed by atoms with E-state index in [0.29, 0.717) is 5.15 Å². The van der Waals surface area contributed by atoms with Crippen LogP contribution in [0.5, 0.6) is 0 Å². The fourth-order valence-electron chi connectivity index (χ4n) is 2.69. The molecule has 0 saturated carbocycles. The van der Waals surface area contributed by atoms with E-state index in [1.165, 1.54) is 11.1 Å². The molecule has 0 aliphatic carbocycles. The summed E-state index contributed by atoms with van der Waals surface area (Å²) in [4.78, 5) is 6.74. The second-order valence-electron chi connectivity index (χ2n) is 5.57. The van der Waals surface area contributed by atoms with Crippen molar-refractivity contribution in [2.75, 3.05) is 4.90 Å². The average molecular weight is 323 g/mol. The quantitative estimate of drug-likeness (QED) is 0.596. The maximum absolute atomic E-state index is 6.01. The van der Waals surface area contributed by atoms with Gasteiger partial charge in [-0.25, -0.2) is 4.98 Å². The van der Waals surface area contributed by atoms with Gasteiger partial charge in [0.05, 0.1) is 11.4 Å². The Balaban J connectivity index is 1.92. The zero-order valence-electron chi connectivity index (χ0n) is 13.1. The molecule has 0 amide bonds. The van der Waals surface area contributed by atoms with Gasteiger partial charge < -0.3 is 4.90 Å². The highest BCUT2D eigenvalue weighted by Gasteiger charge is 2.12. The van der Waals surface area contributed by atoms with Crippen molar-refractivity contribution in [3.05, 3.63) is 94.8 Å². The molecule has 0 aliphatic heterocycles. The second-order valence-corrected chi connectivity index (χ2v) is 5.95. The zero-order valence-corrected chi connectivity index (χ0v) is 13.9. The third-order valence-electron chi connectivity index (χ3n) is 3.80. The van der Waals surface area contributed by atoms with E-state index in [2.05, 4.69) is 64.5 Å². The molecule has 3 heteroatoms. The normalized spacial score (nSPS) is 10.5. The van der Waals surface area contributed by atoms with Crippen LogP contribution in [0.25, 0.3) is 0 Å². The van der Waals surface area contributed by atoms with Crippen LogP contribution >= 0.6 is 11.6 Å². The molecule has 0 radical (unpaired) electrons. The molecule has 0 unspecified atom stereocenters. The Labute approximate surface area is 142 Å². The number of hydrogen-bond donors (Lipinski definition) is 0. The van der Waals surface area contributed by atoms with E-state index in [1.54, 1.807) is 0 Å². The van der Waals surface area contributed by atoms with Crippen LogP contribution in [0.3, 0.4) is 0 Å². The van der Waals surface area contributed by atoms with Crippen LogP contribution in [0.4, 0.5) is 5.69 Å². The van der Waals surface area contributed by atoms with E-state index in [4.69, 9.17) is 11.6 Å². The number of pyridine rings is 1. The third kappa shape index (κ3) is 4.11. The standard InChI is InChI=1S/C20H19ClN2/c1-16-19(12-13-20(21)22-16)23(14-17-8-4-2-5-9-17)15-18-10-6-3-7-11-18/h2-13H,14-15H2,1H3. The molecule has 3 rings (SSSR count). The van der Waals surface area contributed by atoms with Gasteiger partial charge in [0.1, 0.15) is 5.15 Å². The summed E-state index contributed by atoms with van der Waals surface area (Å²) in [6.45, 7) is 3.67. The van der Waals surface area contributed by atoms with Gasteiger partial charge in [-0.05, 0) is 30.2 Å². The van der Waals surface area contributed by atoms with Crippen LogP contribution in [-0.2, 0) is 13.1 Å². The van der Waals surface area contributed by atoms with Gasteiger partial charge in [0.2, 0.25) is 0 Å². The number of anilines is 1. The summed E-state index contributed by atoms with van der Waals surface area (Å²) in [5, 5.41) is 0.533. The topological polar surface area (TPSA) is 16.1 Å². The summed E-state index contributed by atoms with van der Waals surface area (Å²) >= 11 is 6.01. The Morgan fingerprint density at radius 2 is 1.30 bits per heavy atom. The number of rotatable bonds is 5. The van der Waals surface area contributed by atoms with Crippen molar-refractivity contribution in [1.82, 2.24) is 4.98 Å². The number of halogens is 1. The molecule has 0 saturated heterocycles. The first kappa shape index (κ1) is 15.6. The lowest BCUT2D eigenvalue weighted by Crippen LogP contribution is -2.23. The highest BCUT2D eigenvalue weighted by Crippen LogP contribution is 2.24. The Morgan fingerprint density at radius 3 is 1.78 bits per heavy atom. The summed E-state index contributed by atoms with van der Waals surface area (Å²) in [7, 11) is 0. The maximum Gasteiger partial charge on any atom is 0.129 e. The summed E-state index contributed by atoms with van der Waals surface area (Å²) in [5.41, 5.74) is 4.61. The summed E-state index contributed by atoms with van der Waals surface area (Å²) < 4.78 is 0. The van der Waals surface area contributed by atoms with Crippen LogP contribution in [0.2, 0.25) is 5.15 Å². The van der Waals surface area contributed by atoms with Gasteiger partial charge in [-0.3, -0.25) is 0 Å². The predicted octanol–water partition coefficient (Wildman–Crippen LogP) is 5.25. The number of hydrogen-bond acceptors (Lipinski definition) is 2. The third-order valence-corrected chi connectivity index (χ3v) is 4.01. The van der Waals surface area contributed by atoms with Crippen LogP contribution < -0.4 is 4.90 Å². The summed E-state index contributed by atoms with van der Waals surface area (Å²) in [5.74, 6) is 0.